The first-order chi connectivity index (χ1) is 13.0. The van der Waals surface area contributed by atoms with Crippen molar-refractivity contribution in [2.75, 3.05) is 0 Å². The standard InChI is InChI=1S/C20H17ClN4O2/c1-24-19(26)16-18(23-20(24)27)25(12-11-13-5-3-2-4-6-13)17(22-16)14-7-9-15(21)10-8-14/h2-10H,11-12H2,1H3,(H,23,27). The van der Waals surface area contributed by atoms with Crippen LogP contribution in [0, 0.1) is 0 Å². The lowest BCUT2D eigenvalue weighted by Crippen LogP contribution is -2.32. The zero-order valence-corrected chi connectivity index (χ0v) is 15.4. The van der Waals surface area contributed by atoms with Crippen molar-refractivity contribution in [3.05, 3.63) is 86.0 Å². The van der Waals surface area contributed by atoms with Gasteiger partial charge in [-0.25, -0.2) is 9.78 Å². The molecule has 0 aliphatic rings. The predicted molar refractivity (Wildman–Crippen MR) is 106 cm³/mol. The van der Waals surface area contributed by atoms with E-state index in [1.54, 1.807) is 12.1 Å². The molecule has 0 unspecified atom stereocenters. The molecule has 0 atom stereocenters. The fraction of sp³-hybridized carbons (Fsp3) is 0.150. The lowest BCUT2D eigenvalue weighted by Gasteiger charge is -2.09. The van der Waals surface area contributed by atoms with Crippen molar-refractivity contribution in [2.24, 2.45) is 7.05 Å². The maximum atomic E-state index is 12.5. The summed E-state index contributed by atoms with van der Waals surface area (Å²) < 4.78 is 2.91. The van der Waals surface area contributed by atoms with E-state index >= 15 is 0 Å². The van der Waals surface area contributed by atoms with Gasteiger partial charge in [-0.05, 0) is 36.2 Å². The van der Waals surface area contributed by atoms with E-state index in [2.05, 4.69) is 9.97 Å². The summed E-state index contributed by atoms with van der Waals surface area (Å²) in [5.41, 5.74) is 1.79. The lowest BCUT2D eigenvalue weighted by atomic mass is 10.1. The zero-order valence-electron chi connectivity index (χ0n) is 14.6. The number of nitrogens with one attached hydrogen (secondary N) is 1. The predicted octanol–water partition coefficient (Wildman–Crippen LogP) is 2.99. The molecule has 27 heavy (non-hydrogen) atoms. The quantitative estimate of drug-likeness (QED) is 0.591. The van der Waals surface area contributed by atoms with Gasteiger partial charge in [0, 0.05) is 24.2 Å². The van der Waals surface area contributed by atoms with E-state index in [-0.39, 0.29) is 5.52 Å². The topological polar surface area (TPSA) is 72.7 Å². The molecule has 1 N–H and O–H groups in total. The first-order valence-electron chi connectivity index (χ1n) is 8.54. The maximum Gasteiger partial charge on any atom is 0.329 e. The number of fused-ring (bicyclic) bond motifs is 1. The summed E-state index contributed by atoms with van der Waals surface area (Å²) in [6.45, 7) is 0.571. The third-order valence-corrected chi connectivity index (χ3v) is 4.83. The van der Waals surface area contributed by atoms with Crippen LogP contribution in [0.3, 0.4) is 0 Å². The summed E-state index contributed by atoms with van der Waals surface area (Å²) in [6.07, 6.45) is 0.740. The van der Waals surface area contributed by atoms with E-state index in [1.165, 1.54) is 7.05 Å². The molecular formula is C20H17ClN4O2. The average Bonchev–Trinajstić information content (AvgIpc) is 3.04. The van der Waals surface area contributed by atoms with Gasteiger partial charge in [0.25, 0.3) is 5.56 Å². The molecule has 4 rings (SSSR count). The smallest absolute Gasteiger partial charge is 0.310 e. The van der Waals surface area contributed by atoms with Crippen molar-refractivity contribution in [3.63, 3.8) is 0 Å². The monoisotopic (exact) mass is 380 g/mol. The van der Waals surface area contributed by atoms with E-state index in [9.17, 15) is 9.59 Å². The molecule has 0 radical (unpaired) electrons. The van der Waals surface area contributed by atoms with Crippen molar-refractivity contribution in [1.82, 2.24) is 19.1 Å². The number of aryl methyl sites for hydroxylation is 2. The van der Waals surface area contributed by atoms with Crippen LogP contribution in [0.5, 0.6) is 0 Å². The van der Waals surface area contributed by atoms with E-state index in [4.69, 9.17) is 11.6 Å². The van der Waals surface area contributed by atoms with Crippen LogP contribution in [0.1, 0.15) is 5.56 Å². The van der Waals surface area contributed by atoms with Gasteiger partial charge in [-0.2, -0.15) is 0 Å². The van der Waals surface area contributed by atoms with Gasteiger partial charge in [-0.15, -0.1) is 0 Å². The average molecular weight is 381 g/mol. The number of aromatic amines is 1. The molecule has 0 saturated carbocycles. The molecule has 0 saturated heterocycles. The molecule has 0 amide bonds. The number of halogens is 1. The molecule has 7 heteroatoms. The summed E-state index contributed by atoms with van der Waals surface area (Å²) in [5.74, 6) is 0.622. The summed E-state index contributed by atoms with van der Waals surface area (Å²) >= 11 is 6.00. The Balaban J connectivity index is 1.90. The molecule has 2 heterocycles. The van der Waals surface area contributed by atoms with Gasteiger partial charge in [-0.1, -0.05) is 41.9 Å². The Bertz CT molecular complexity index is 1220. The Morgan fingerprint density at radius 2 is 1.74 bits per heavy atom. The van der Waals surface area contributed by atoms with E-state index in [1.807, 2.05) is 47.0 Å². The number of hydrogen-bond donors (Lipinski definition) is 1. The number of rotatable bonds is 4. The van der Waals surface area contributed by atoms with Crippen LogP contribution in [0.15, 0.2) is 64.2 Å². The fourth-order valence-electron chi connectivity index (χ4n) is 3.09. The van der Waals surface area contributed by atoms with Crippen LogP contribution in [0.2, 0.25) is 5.02 Å². The highest BCUT2D eigenvalue weighted by atomic mass is 35.5. The van der Waals surface area contributed by atoms with E-state index in [0.29, 0.717) is 23.0 Å². The normalized spacial score (nSPS) is 11.2. The van der Waals surface area contributed by atoms with Crippen LogP contribution in [0.4, 0.5) is 0 Å². The highest BCUT2D eigenvalue weighted by molar-refractivity contribution is 6.30. The van der Waals surface area contributed by atoms with E-state index in [0.717, 1.165) is 22.1 Å². The molecule has 0 bridgehead atoms. The third-order valence-electron chi connectivity index (χ3n) is 4.57. The van der Waals surface area contributed by atoms with Crippen molar-refractivity contribution in [2.45, 2.75) is 13.0 Å². The number of aromatic nitrogens is 4. The summed E-state index contributed by atoms with van der Waals surface area (Å²) in [6, 6.07) is 17.3. The highest BCUT2D eigenvalue weighted by Crippen LogP contribution is 2.24. The zero-order chi connectivity index (χ0) is 19.0. The van der Waals surface area contributed by atoms with Gasteiger partial charge in [-0.3, -0.25) is 14.3 Å². The highest BCUT2D eigenvalue weighted by Gasteiger charge is 2.17. The minimum Gasteiger partial charge on any atom is -0.310 e. The molecule has 2 aromatic carbocycles. The second-order valence-corrected chi connectivity index (χ2v) is 6.76. The molecular weight excluding hydrogens is 364 g/mol. The molecule has 4 aromatic rings. The molecule has 0 spiro atoms. The van der Waals surface area contributed by atoms with Gasteiger partial charge in [0.1, 0.15) is 11.5 Å². The number of imidazole rings is 1. The van der Waals surface area contributed by atoms with Crippen LogP contribution in [-0.2, 0) is 20.0 Å². The van der Waals surface area contributed by atoms with Crippen molar-refractivity contribution >= 4 is 22.8 Å². The van der Waals surface area contributed by atoms with Crippen molar-refractivity contribution < 1.29 is 0 Å². The third kappa shape index (κ3) is 3.19. The van der Waals surface area contributed by atoms with Crippen LogP contribution in [0.25, 0.3) is 22.6 Å². The van der Waals surface area contributed by atoms with Gasteiger partial charge in [0.2, 0.25) is 0 Å². The Morgan fingerprint density at radius 1 is 1.04 bits per heavy atom. The second-order valence-electron chi connectivity index (χ2n) is 6.32. The Morgan fingerprint density at radius 3 is 2.44 bits per heavy atom. The Labute approximate surface area is 159 Å². The first-order valence-corrected chi connectivity index (χ1v) is 8.92. The summed E-state index contributed by atoms with van der Waals surface area (Å²) in [7, 11) is 1.44. The van der Waals surface area contributed by atoms with Gasteiger partial charge in [0.15, 0.2) is 5.52 Å². The SMILES string of the molecule is Cn1c(=O)[nH]c2c(nc(-c3ccc(Cl)cc3)n2CCc2ccccc2)c1=O. The number of nitrogens with zero attached hydrogens (tertiary/aromatic N) is 3. The van der Waals surface area contributed by atoms with Crippen LogP contribution < -0.4 is 11.2 Å². The van der Waals surface area contributed by atoms with Gasteiger partial charge in [0.05, 0.1) is 0 Å². The molecule has 136 valence electrons. The van der Waals surface area contributed by atoms with E-state index < -0.39 is 11.2 Å². The van der Waals surface area contributed by atoms with Crippen LogP contribution in [-0.4, -0.2) is 19.1 Å². The molecule has 0 fully saturated rings. The maximum absolute atomic E-state index is 12.5. The van der Waals surface area contributed by atoms with Crippen molar-refractivity contribution in [3.8, 4) is 11.4 Å². The van der Waals surface area contributed by atoms with Gasteiger partial charge >= 0.3 is 5.69 Å². The largest absolute Gasteiger partial charge is 0.329 e. The first kappa shape index (κ1) is 17.3. The number of benzene rings is 2. The number of H-pyrrole nitrogens is 1. The minimum absolute atomic E-state index is 0.245. The van der Waals surface area contributed by atoms with Crippen molar-refractivity contribution in [1.29, 1.82) is 0 Å². The summed E-state index contributed by atoms with van der Waals surface area (Å²) in [5, 5.41) is 0.620. The molecule has 0 aliphatic heterocycles. The fourth-order valence-corrected chi connectivity index (χ4v) is 3.21. The molecule has 2 aromatic heterocycles. The minimum atomic E-state index is -0.462. The molecule has 6 nitrogen and oxygen atoms in total. The molecule has 0 aliphatic carbocycles. The van der Waals surface area contributed by atoms with Gasteiger partial charge < -0.3 is 4.57 Å². The Hall–Kier alpha value is -3.12. The second kappa shape index (κ2) is 6.89. The number of hydrogen-bond acceptors (Lipinski definition) is 3. The van der Waals surface area contributed by atoms with Crippen LogP contribution >= 0.6 is 11.6 Å². The lowest BCUT2D eigenvalue weighted by molar-refractivity contribution is 0.709. The summed E-state index contributed by atoms with van der Waals surface area (Å²) in [4.78, 5) is 32.0. The Kier molecular flexibility index (Phi) is 4.41.